The normalized spacial score (nSPS) is 11.8. The van der Waals surface area contributed by atoms with E-state index >= 15 is 0 Å². The molecule has 4 rings (SSSR count). The van der Waals surface area contributed by atoms with Gasteiger partial charge in [0.1, 0.15) is 18.8 Å². The Balaban J connectivity index is 1.33. The van der Waals surface area contributed by atoms with Gasteiger partial charge in [0.05, 0.1) is 24.7 Å². The molecule has 0 fully saturated rings. The lowest BCUT2D eigenvalue weighted by molar-refractivity contribution is -0.122. The van der Waals surface area contributed by atoms with Crippen LogP contribution in [0.1, 0.15) is 11.1 Å². The molecule has 2 amide bonds. The molecule has 0 radical (unpaired) electrons. The zero-order valence-electron chi connectivity index (χ0n) is 22.5. The zero-order valence-corrected chi connectivity index (χ0v) is 22.5. The van der Waals surface area contributed by atoms with E-state index in [4.69, 9.17) is 9.57 Å². The van der Waals surface area contributed by atoms with Crippen LogP contribution in [0.25, 0.3) is 16.9 Å². The number of methoxy groups -OCH3 is 1. The number of imidazole rings is 1. The first-order valence-corrected chi connectivity index (χ1v) is 12.9. The smallest absolute Gasteiger partial charge is 0.394 e. The number of hydrogen-bond acceptors (Lipinski definition) is 6. The van der Waals surface area contributed by atoms with E-state index in [1.54, 1.807) is 43.0 Å². The Morgan fingerprint density at radius 3 is 2.66 bits per heavy atom. The maximum atomic E-state index is 12.3. The van der Waals surface area contributed by atoms with Gasteiger partial charge in [-0.05, 0) is 29.8 Å². The Kier molecular flexibility index (Phi) is 10.3. The van der Waals surface area contributed by atoms with Crippen LogP contribution in [0.4, 0.5) is 23.7 Å². The Morgan fingerprint density at radius 1 is 1.07 bits per heavy atom. The highest BCUT2D eigenvalue weighted by Gasteiger charge is 2.27. The number of hydrogen-bond donors (Lipinski definition) is 2. The molecule has 0 saturated heterocycles. The van der Waals surface area contributed by atoms with Crippen molar-refractivity contribution in [3.8, 4) is 11.3 Å². The number of pyridine rings is 1. The van der Waals surface area contributed by atoms with Gasteiger partial charge in [-0.25, -0.2) is 9.78 Å². The molecule has 0 spiro atoms. The number of nitrogens with one attached hydrogen (secondary N) is 2. The van der Waals surface area contributed by atoms with Crippen LogP contribution in [-0.2, 0) is 16.1 Å². The largest absolute Gasteiger partial charge is 0.405 e. The number of carbonyl (C=O) groups excluding carboxylic acids is 1. The molecule has 2 N–H and O–H groups in total. The van der Waals surface area contributed by atoms with Crippen LogP contribution >= 0.6 is 0 Å². The number of oxime groups is 1. The van der Waals surface area contributed by atoms with Crippen molar-refractivity contribution >= 4 is 23.6 Å². The Morgan fingerprint density at radius 2 is 1.88 bits per heavy atom. The summed E-state index contributed by atoms with van der Waals surface area (Å²) < 4.78 is 44.1. The van der Waals surface area contributed by atoms with Crippen molar-refractivity contribution in [1.82, 2.24) is 19.6 Å². The number of amides is 2. The summed E-state index contributed by atoms with van der Waals surface area (Å²) in [5.41, 5.74) is 4.50. The van der Waals surface area contributed by atoms with E-state index in [1.165, 1.54) is 5.56 Å². The second-order valence-electron chi connectivity index (χ2n) is 9.16. The molecule has 0 atom stereocenters. The van der Waals surface area contributed by atoms with Gasteiger partial charge in [0.15, 0.2) is 0 Å². The molecule has 0 saturated carbocycles. The summed E-state index contributed by atoms with van der Waals surface area (Å²) in [6, 6.07) is 19.7. The van der Waals surface area contributed by atoms with Crippen LogP contribution in [0.2, 0.25) is 0 Å². The van der Waals surface area contributed by atoms with Gasteiger partial charge >= 0.3 is 12.2 Å². The SMILES string of the molecule is COCCN(CCO/N=C/c1ccn2c(-c3cccc(NC(=O)NCC(F)(F)F)c3)cnc2c1)Cc1ccccc1. The van der Waals surface area contributed by atoms with Crippen molar-refractivity contribution in [3.05, 3.63) is 90.3 Å². The number of alkyl halides is 3. The molecule has 2 aromatic carbocycles. The summed E-state index contributed by atoms with van der Waals surface area (Å²) in [5.74, 6) is 0. The van der Waals surface area contributed by atoms with Crippen LogP contribution in [-0.4, -0.2) is 72.7 Å². The first kappa shape index (κ1) is 29.6. The van der Waals surface area contributed by atoms with E-state index in [0.29, 0.717) is 31.1 Å². The average molecular weight is 569 g/mol. The molecule has 2 aromatic heterocycles. The van der Waals surface area contributed by atoms with E-state index in [0.717, 1.165) is 29.9 Å². The van der Waals surface area contributed by atoms with Crippen molar-refractivity contribution in [2.45, 2.75) is 12.7 Å². The lowest BCUT2D eigenvalue weighted by Crippen LogP contribution is -2.36. The van der Waals surface area contributed by atoms with Crippen molar-refractivity contribution in [2.24, 2.45) is 5.16 Å². The van der Waals surface area contributed by atoms with E-state index in [2.05, 4.69) is 32.5 Å². The van der Waals surface area contributed by atoms with E-state index in [9.17, 15) is 18.0 Å². The third-order valence-corrected chi connectivity index (χ3v) is 6.04. The zero-order chi connectivity index (χ0) is 29.1. The minimum atomic E-state index is -4.49. The molecular formula is C29H31F3N6O3. The molecule has 4 aromatic rings. The Bertz CT molecular complexity index is 1440. The second kappa shape index (κ2) is 14.3. The summed E-state index contributed by atoms with van der Waals surface area (Å²) in [7, 11) is 1.68. The number of nitrogens with zero attached hydrogens (tertiary/aromatic N) is 4. The van der Waals surface area contributed by atoms with Crippen LogP contribution in [0.5, 0.6) is 0 Å². The van der Waals surface area contributed by atoms with Crippen molar-refractivity contribution in [1.29, 1.82) is 0 Å². The number of carbonyl (C=O) groups is 1. The fraction of sp³-hybridized carbons (Fsp3) is 0.276. The number of rotatable bonds is 13. The molecular weight excluding hydrogens is 537 g/mol. The first-order valence-electron chi connectivity index (χ1n) is 12.9. The molecule has 2 heterocycles. The first-order chi connectivity index (χ1) is 19.8. The topological polar surface area (TPSA) is 92.5 Å². The van der Waals surface area contributed by atoms with Crippen molar-refractivity contribution in [3.63, 3.8) is 0 Å². The molecule has 0 bridgehead atoms. The monoisotopic (exact) mass is 568 g/mol. The summed E-state index contributed by atoms with van der Waals surface area (Å²) in [4.78, 5) is 24.0. The summed E-state index contributed by atoms with van der Waals surface area (Å²) in [6.07, 6.45) is 0.646. The number of aromatic nitrogens is 2. The fourth-order valence-corrected chi connectivity index (χ4v) is 4.06. The number of fused-ring (bicyclic) bond motifs is 1. The van der Waals surface area contributed by atoms with Gasteiger partial charge in [-0.15, -0.1) is 0 Å². The van der Waals surface area contributed by atoms with Crippen molar-refractivity contribution in [2.75, 3.05) is 45.3 Å². The standard InChI is InChI=1S/C29H31F3N6O3/c1-40-14-12-37(20-22-6-3-2-4-7-22)13-15-41-35-18-23-10-11-38-26(19-33-27(38)16-23)24-8-5-9-25(17-24)36-28(39)34-21-29(30,31)32/h2-11,16-19H,12-15,20-21H2,1H3,(H2,34,36,39)/b35-18+. The highest BCUT2D eigenvalue weighted by Crippen LogP contribution is 2.24. The lowest BCUT2D eigenvalue weighted by atomic mass is 10.1. The summed E-state index contributed by atoms with van der Waals surface area (Å²) >= 11 is 0. The number of ether oxygens (including phenoxy) is 1. The van der Waals surface area contributed by atoms with Crippen LogP contribution in [0, 0.1) is 0 Å². The van der Waals surface area contributed by atoms with Gasteiger partial charge in [0, 0.05) is 49.8 Å². The average Bonchev–Trinajstić information content (AvgIpc) is 3.38. The summed E-state index contributed by atoms with van der Waals surface area (Å²) in [6.45, 7) is 1.89. The highest BCUT2D eigenvalue weighted by atomic mass is 19.4. The minimum absolute atomic E-state index is 0.350. The Labute approximate surface area is 235 Å². The number of urea groups is 1. The molecule has 41 heavy (non-hydrogen) atoms. The van der Waals surface area contributed by atoms with Gasteiger partial charge in [0.2, 0.25) is 0 Å². The highest BCUT2D eigenvalue weighted by molar-refractivity contribution is 5.90. The van der Waals surface area contributed by atoms with Crippen molar-refractivity contribution < 1.29 is 27.5 Å². The third-order valence-electron chi connectivity index (χ3n) is 6.04. The van der Waals surface area contributed by atoms with Gasteiger partial charge in [-0.1, -0.05) is 47.6 Å². The van der Waals surface area contributed by atoms with Gasteiger partial charge in [0.25, 0.3) is 0 Å². The van der Waals surface area contributed by atoms with E-state index < -0.39 is 18.8 Å². The number of halogens is 3. The molecule has 216 valence electrons. The maximum absolute atomic E-state index is 12.3. The third kappa shape index (κ3) is 9.33. The predicted octanol–water partition coefficient (Wildman–Crippen LogP) is 5.18. The number of benzene rings is 2. The lowest BCUT2D eigenvalue weighted by Gasteiger charge is -2.21. The maximum Gasteiger partial charge on any atom is 0.405 e. The fourth-order valence-electron chi connectivity index (χ4n) is 4.06. The molecule has 0 aliphatic heterocycles. The van der Waals surface area contributed by atoms with Crippen LogP contribution < -0.4 is 10.6 Å². The summed E-state index contributed by atoms with van der Waals surface area (Å²) in [5, 5.41) is 8.31. The molecule has 9 nitrogen and oxygen atoms in total. The van der Waals surface area contributed by atoms with E-state index in [1.807, 2.05) is 47.0 Å². The number of anilines is 1. The molecule has 12 heteroatoms. The quantitative estimate of drug-likeness (QED) is 0.132. The Hall–Kier alpha value is -4.42. The van der Waals surface area contributed by atoms with Gasteiger partial charge in [-0.3, -0.25) is 9.30 Å². The molecule has 0 aliphatic rings. The van der Waals surface area contributed by atoms with Crippen LogP contribution in [0.15, 0.2) is 84.3 Å². The van der Waals surface area contributed by atoms with Crippen LogP contribution in [0.3, 0.4) is 0 Å². The van der Waals surface area contributed by atoms with Gasteiger partial charge < -0.3 is 20.2 Å². The molecule has 0 unspecified atom stereocenters. The predicted molar refractivity (Wildman–Crippen MR) is 151 cm³/mol. The minimum Gasteiger partial charge on any atom is -0.394 e. The second-order valence-corrected chi connectivity index (χ2v) is 9.16. The molecule has 0 aliphatic carbocycles. The van der Waals surface area contributed by atoms with E-state index in [-0.39, 0.29) is 0 Å². The van der Waals surface area contributed by atoms with Gasteiger partial charge in [-0.2, -0.15) is 13.2 Å².